The van der Waals surface area contributed by atoms with Gasteiger partial charge in [0.05, 0.1) is 23.8 Å². The number of carbonyl (C=O) groups is 2. The highest BCUT2D eigenvalue weighted by atomic mass is 32.1. The molecule has 1 aromatic rings. The van der Waals surface area contributed by atoms with E-state index in [1.54, 1.807) is 4.90 Å². The van der Waals surface area contributed by atoms with Gasteiger partial charge in [0.15, 0.2) is 0 Å². The minimum Gasteiger partial charge on any atom is -0.477 e. The lowest BCUT2D eigenvalue weighted by molar-refractivity contribution is -0.124. The highest BCUT2D eigenvalue weighted by molar-refractivity contribution is 7.15. The monoisotopic (exact) mass is 468 g/mol. The Bertz CT molecular complexity index is 988. The van der Waals surface area contributed by atoms with Crippen LogP contribution in [-0.4, -0.2) is 34.2 Å². The number of hydrogen-bond donors (Lipinski definition) is 2. The maximum atomic E-state index is 13.8. The lowest BCUT2D eigenvalue weighted by atomic mass is 9.81. The van der Waals surface area contributed by atoms with E-state index in [4.69, 9.17) is 5.26 Å². The van der Waals surface area contributed by atoms with Gasteiger partial charge < -0.3 is 15.1 Å². The molecule has 1 heterocycles. The maximum absolute atomic E-state index is 13.8. The molecule has 0 spiro atoms. The van der Waals surface area contributed by atoms with Crippen molar-refractivity contribution in [1.82, 2.24) is 0 Å². The smallest absolute Gasteiger partial charge is 0.348 e. The number of nitrogens with zero attached hydrogens (tertiary/aromatic N) is 2. The number of hydrogen-bond acceptors (Lipinski definition) is 5. The SMILES string of the molecule is CC1CCC(C(=O)N(c2cc(C3=CCC(C#N)C=C3)sc2C(=O)O)C2CCC(O)CC2)CC1. The third-order valence-corrected chi connectivity index (χ3v) is 8.51. The molecule has 0 radical (unpaired) electrons. The number of carboxylic acids is 1. The Hall–Kier alpha value is -2.43. The number of allylic oxidation sites excluding steroid dienone is 4. The first kappa shape index (κ1) is 23.7. The van der Waals surface area contributed by atoms with Gasteiger partial charge in [-0.3, -0.25) is 4.79 Å². The van der Waals surface area contributed by atoms with E-state index in [0.717, 1.165) is 36.1 Å². The molecule has 1 amide bonds. The second kappa shape index (κ2) is 10.2. The van der Waals surface area contributed by atoms with Gasteiger partial charge in [-0.25, -0.2) is 4.79 Å². The Balaban J connectivity index is 1.70. The minimum absolute atomic E-state index is 0.0350. The summed E-state index contributed by atoms with van der Waals surface area (Å²) in [5.74, 6) is -0.608. The molecule has 3 aliphatic carbocycles. The summed E-state index contributed by atoms with van der Waals surface area (Å²) in [4.78, 5) is 28.9. The molecule has 1 unspecified atom stereocenters. The van der Waals surface area contributed by atoms with Crippen LogP contribution in [-0.2, 0) is 4.79 Å². The molecule has 7 heteroatoms. The largest absolute Gasteiger partial charge is 0.477 e. The zero-order chi connectivity index (χ0) is 23.5. The molecule has 4 rings (SSSR count). The topological polar surface area (TPSA) is 102 Å². The van der Waals surface area contributed by atoms with Gasteiger partial charge in [-0.2, -0.15) is 5.26 Å². The fraction of sp³-hybridized carbons (Fsp3) is 0.577. The molecule has 3 aliphatic rings. The van der Waals surface area contributed by atoms with Crippen molar-refractivity contribution < 1.29 is 19.8 Å². The fourth-order valence-corrected chi connectivity index (χ4v) is 6.28. The van der Waals surface area contributed by atoms with Crippen LogP contribution in [0.1, 0.15) is 79.3 Å². The number of aromatic carboxylic acids is 1. The fourth-order valence-electron chi connectivity index (χ4n) is 5.27. The molecule has 33 heavy (non-hydrogen) atoms. The minimum atomic E-state index is -1.03. The van der Waals surface area contributed by atoms with Crippen LogP contribution >= 0.6 is 11.3 Å². The third kappa shape index (κ3) is 5.23. The lowest BCUT2D eigenvalue weighted by Gasteiger charge is -2.38. The molecular weight excluding hydrogens is 436 g/mol. The molecule has 1 atom stereocenters. The van der Waals surface area contributed by atoms with E-state index in [-0.39, 0.29) is 34.8 Å². The molecule has 2 N–H and O–H groups in total. The lowest BCUT2D eigenvalue weighted by Crippen LogP contribution is -2.47. The standard InChI is InChI=1S/C26H32N2O4S/c1-16-2-6-19(7-3-16)25(30)28(20-10-12-21(29)13-11-20)22-14-23(33-24(22)26(31)32)18-8-4-17(15-27)5-9-18/h4,8-9,14,16-17,19-21,29H,2-3,5-7,10-13H2,1H3,(H,31,32). The van der Waals surface area contributed by atoms with E-state index in [1.165, 1.54) is 11.3 Å². The summed E-state index contributed by atoms with van der Waals surface area (Å²) in [7, 11) is 0. The Labute approximate surface area is 199 Å². The van der Waals surface area contributed by atoms with E-state index in [2.05, 4.69) is 13.0 Å². The maximum Gasteiger partial charge on any atom is 0.348 e. The number of carbonyl (C=O) groups excluding carboxylic acids is 1. The van der Waals surface area contributed by atoms with Crippen molar-refractivity contribution in [2.45, 2.75) is 76.9 Å². The van der Waals surface area contributed by atoms with Crippen LogP contribution in [0.2, 0.25) is 0 Å². The number of carboxylic acid groups (broad SMARTS) is 1. The summed E-state index contributed by atoms with van der Waals surface area (Å²) in [6.07, 6.45) is 12.3. The Morgan fingerprint density at radius 1 is 1.12 bits per heavy atom. The van der Waals surface area contributed by atoms with Crippen molar-refractivity contribution in [3.05, 3.63) is 34.0 Å². The van der Waals surface area contributed by atoms with Crippen LogP contribution in [0.15, 0.2) is 24.3 Å². The van der Waals surface area contributed by atoms with Gasteiger partial charge in [0.2, 0.25) is 5.91 Å². The molecule has 0 aliphatic heterocycles. The quantitative estimate of drug-likeness (QED) is 0.603. The summed E-state index contributed by atoms with van der Waals surface area (Å²) in [5.41, 5.74) is 1.39. The van der Waals surface area contributed by atoms with Gasteiger partial charge in [-0.1, -0.05) is 25.2 Å². The van der Waals surface area contributed by atoms with Gasteiger partial charge in [0.1, 0.15) is 4.88 Å². The number of aliphatic hydroxyl groups excluding tert-OH is 1. The van der Waals surface area contributed by atoms with Crippen molar-refractivity contribution in [3.63, 3.8) is 0 Å². The van der Waals surface area contributed by atoms with Crippen LogP contribution in [0.25, 0.3) is 5.57 Å². The number of amides is 1. The summed E-state index contributed by atoms with van der Waals surface area (Å²) >= 11 is 1.20. The van der Waals surface area contributed by atoms with Gasteiger partial charge in [0, 0.05) is 16.8 Å². The number of thiophene rings is 1. The number of rotatable bonds is 5. The Morgan fingerprint density at radius 3 is 2.39 bits per heavy atom. The first-order chi connectivity index (χ1) is 15.9. The molecule has 2 fully saturated rings. The first-order valence-corrected chi connectivity index (χ1v) is 12.9. The van der Waals surface area contributed by atoms with Gasteiger partial charge in [-0.15, -0.1) is 11.3 Å². The van der Waals surface area contributed by atoms with Crippen LogP contribution in [0.5, 0.6) is 0 Å². The zero-order valence-electron chi connectivity index (χ0n) is 19.1. The van der Waals surface area contributed by atoms with Crippen molar-refractivity contribution in [2.24, 2.45) is 17.8 Å². The summed E-state index contributed by atoms with van der Waals surface area (Å²) in [6.45, 7) is 2.22. The number of aliphatic hydroxyl groups is 1. The third-order valence-electron chi connectivity index (χ3n) is 7.35. The van der Waals surface area contributed by atoms with Crippen molar-refractivity contribution >= 4 is 34.5 Å². The summed E-state index contributed by atoms with van der Waals surface area (Å²) in [6, 6.07) is 3.99. The van der Waals surface area contributed by atoms with Crippen LogP contribution in [0, 0.1) is 29.1 Å². The predicted octanol–water partition coefficient (Wildman–Crippen LogP) is 5.39. The van der Waals surface area contributed by atoms with E-state index in [0.29, 0.717) is 43.7 Å². The van der Waals surface area contributed by atoms with Crippen LogP contribution in [0.3, 0.4) is 0 Å². The molecule has 2 saturated carbocycles. The average Bonchev–Trinajstić information content (AvgIpc) is 3.26. The van der Waals surface area contributed by atoms with Gasteiger partial charge in [0.25, 0.3) is 0 Å². The Morgan fingerprint density at radius 2 is 1.82 bits per heavy atom. The summed E-state index contributed by atoms with van der Waals surface area (Å²) in [5, 5.41) is 29.2. The van der Waals surface area contributed by atoms with E-state index < -0.39 is 5.97 Å². The molecule has 6 nitrogen and oxygen atoms in total. The number of nitriles is 1. The van der Waals surface area contributed by atoms with Crippen LogP contribution < -0.4 is 4.90 Å². The molecule has 0 bridgehead atoms. The Kier molecular flexibility index (Phi) is 7.35. The van der Waals surface area contributed by atoms with E-state index >= 15 is 0 Å². The number of anilines is 1. The van der Waals surface area contributed by atoms with Gasteiger partial charge in [-0.05, 0) is 75.3 Å². The highest BCUT2D eigenvalue weighted by Crippen LogP contribution is 2.41. The molecular formula is C26H32N2O4S. The molecule has 0 saturated heterocycles. The highest BCUT2D eigenvalue weighted by Gasteiger charge is 2.37. The van der Waals surface area contributed by atoms with E-state index in [9.17, 15) is 19.8 Å². The molecule has 1 aromatic heterocycles. The van der Waals surface area contributed by atoms with Crippen molar-refractivity contribution in [3.8, 4) is 6.07 Å². The second-order valence-corrected chi connectivity index (χ2v) is 10.8. The zero-order valence-corrected chi connectivity index (χ0v) is 19.9. The molecule has 176 valence electrons. The van der Waals surface area contributed by atoms with Crippen LogP contribution in [0.4, 0.5) is 5.69 Å². The van der Waals surface area contributed by atoms with E-state index in [1.807, 2.05) is 24.3 Å². The summed E-state index contributed by atoms with van der Waals surface area (Å²) < 4.78 is 0. The van der Waals surface area contributed by atoms with Gasteiger partial charge >= 0.3 is 5.97 Å². The molecule has 0 aromatic carbocycles. The first-order valence-electron chi connectivity index (χ1n) is 12.0. The predicted molar refractivity (Wildman–Crippen MR) is 129 cm³/mol. The van der Waals surface area contributed by atoms with Crippen molar-refractivity contribution in [1.29, 1.82) is 5.26 Å². The normalized spacial score (nSPS) is 29.7. The average molecular weight is 469 g/mol. The van der Waals surface area contributed by atoms with Crippen molar-refractivity contribution in [2.75, 3.05) is 4.90 Å². The second-order valence-electron chi connectivity index (χ2n) is 9.75.